The summed E-state index contributed by atoms with van der Waals surface area (Å²) in [5, 5.41) is 3.29. The van der Waals surface area contributed by atoms with Gasteiger partial charge in [0.05, 0.1) is 18.4 Å². The maximum absolute atomic E-state index is 13.0. The van der Waals surface area contributed by atoms with Gasteiger partial charge in [-0.1, -0.05) is 11.6 Å². The van der Waals surface area contributed by atoms with Crippen LogP contribution in [0.3, 0.4) is 0 Å². The first-order valence-electron chi connectivity index (χ1n) is 9.66. The van der Waals surface area contributed by atoms with E-state index in [1.54, 1.807) is 41.3 Å². The fraction of sp³-hybridized carbons (Fsp3) is 0.318. The van der Waals surface area contributed by atoms with Crippen molar-refractivity contribution in [2.24, 2.45) is 0 Å². The number of nitrogens with one attached hydrogen (secondary N) is 1. The van der Waals surface area contributed by atoms with Gasteiger partial charge >= 0.3 is 0 Å². The minimum atomic E-state index is -0.567. The van der Waals surface area contributed by atoms with Crippen molar-refractivity contribution in [2.45, 2.75) is 31.3 Å². The van der Waals surface area contributed by atoms with Crippen LogP contribution in [-0.2, 0) is 11.2 Å². The Morgan fingerprint density at radius 2 is 1.90 bits per heavy atom. The summed E-state index contributed by atoms with van der Waals surface area (Å²) in [4.78, 5) is 38.9. The van der Waals surface area contributed by atoms with Crippen LogP contribution in [0, 0.1) is 0 Å². The third-order valence-corrected chi connectivity index (χ3v) is 6.23. The van der Waals surface area contributed by atoms with Gasteiger partial charge in [0.25, 0.3) is 5.91 Å². The molecule has 1 saturated heterocycles. The van der Waals surface area contributed by atoms with E-state index in [4.69, 9.17) is 16.3 Å². The number of benzene rings is 2. The number of fused-ring (bicyclic) bond motifs is 2. The number of piperidine rings is 1. The van der Waals surface area contributed by atoms with Crippen molar-refractivity contribution in [2.75, 3.05) is 18.4 Å². The molecule has 29 heavy (non-hydrogen) atoms. The molecule has 0 radical (unpaired) electrons. The Morgan fingerprint density at radius 1 is 1.10 bits per heavy atom. The van der Waals surface area contributed by atoms with Gasteiger partial charge in [-0.2, -0.15) is 0 Å². The molecular weight excluding hydrogens is 392 g/mol. The number of halogens is 1. The number of anilines is 1. The number of ketones is 1. The highest BCUT2D eigenvalue weighted by atomic mass is 35.5. The Kier molecular flexibility index (Phi) is 4.13. The summed E-state index contributed by atoms with van der Waals surface area (Å²) in [5.41, 5.74) is 2.17. The average molecular weight is 411 g/mol. The average Bonchev–Trinajstić information content (AvgIpc) is 3.08. The second-order valence-electron chi connectivity index (χ2n) is 7.91. The molecule has 1 spiro atoms. The predicted molar refractivity (Wildman–Crippen MR) is 108 cm³/mol. The lowest BCUT2D eigenvalue weighted by molar-refractivity contribution is -0.115. The molecule has 2 amide bonds. The fourth-order valence-electron chi connectivity index (χ4n) is 4.41. The second-order valence-corrected chi connectivity index (χ2v) is 8.35. The first kappa shape index (κ1) is 18.2. The lowest BCUT2D eigenvalue weighted by Gasteiger charge is -2.44. The van der Waals surface area contributed by atoms with Gasteiger partial charge in [-0.05, 0) is 42.0 Å². The normalized spacial score (nSPS) is 19.4. The van der Waals surface area contributed by atoms with Crippen LogP contribution in [0.25, 0.3) is 0 Å². The predicted octanol–water partition coefficient (Wildman–Crippen LogP) is 3.47. The van der Waals surface area contributed by atoms with E-state index in [2.05, 4.69) is 5.32 Å². The maximum atomic E-state index is 13.0. The summed E-state index contributed by atoms with van der Waals surface area (Å²) in [6.07, 6.45) is 1.79. The summed E-state index contributed by atoms with van der Waals surface area (Å²) in [6, 6.07) is 10.4. The van der Waals surface area contributed by atoms with Gasteiger partial charge in [-0.25, -0.2) is 0 Å². The van der Waals surface area contributed by atoms with Crippen LogP contribution in [0.15, 0.2) is 36.4 Å². The van der Waals surface area contributed by atoms with Gasteiger partial charge in [-0.15, -0.1) is 0 Å². The molecule has 3 heterocycles. The molecule has 7 heteroatoms. The van der Waals surface area contributed by atoms with Crippen LogP contribution in [0.5, 0.6) is 5.75 Å². The molecule has 0 atom stereocenters. The van der Waals surface area contributed by atoms with Crippen molar-refractivity contribution in [3.05, 3.63) is 58.1 Å². The van der Waals surface area contributed by atoms with Crippen LogP contribution in [-0.4, -0.2) is 41.2 Å². The highest BCUT2D eigenvalue weighted by molar-refractivity contribution is 6.31. The number of rotatable bonds is 1. The summed E-state index contributed by atoms with van der Waals surface area (Å²) in [6.45, 7) is 1.03. The molecule has 2 aromatic carbocycles. The SMILES string of the molecule is O=C1Cc2cc(C(=O)N3CCC4(CC3)CC(=O)c3cc(Cl)ccc3O4)ccc2N1. The largest absolute Gasteiger partial charge is 0.486 e. The minimum absolute atomic E-state index is 0.0318. The number of ether oxygens (including phenoxy) is 1. The van der Waals surface area contributed by atoms with Crippen LogP contribution in [0.2, 0.25) is 5.02 Å². The highest BCUT2D eigenvalue weighted by Gasteiger charge is 2.43. The van der Waals surface area contributed by atoms with E-state index >= 15 is 0 Å². The van der Waals surface area contributed by atoms with E-state index < -0.39 is 5.60 Å². The smallest absolute Gasteiger partial charge is 0.253 e. The molecule has 0 saturated carbocycles. The second kappa shape index (κ2) is 6.59. The molecule has 148 valence electrons. The van der Waals surface area contributed by atoms with Crippen LogP contribution < -0.4 is 10.1 Å². The maximum Gasteiger partial charge on any atom is 0.253 e. The van der Waals surface area contributed by atoms with Gasteiger partial charge < -0.3 is 15.0 Å². The van der Waals surface area contributed by atoms with Crippen molar-refractivity contribution < 1.29 is 19.1 Å². The van der Waals surface area contributed by atoms with Gasteiger partial charge in [0, 0.05) is 42.2 Å². The van der Waals surface area contributed by atoms with E-state index in [1.807, 2.05) is 0 Å². The van der Waals surface area contributed by atoms with E-state index in [0.29, 0.717) is 60.7 Å². The molecule has 3 aliphatic heterocycles. The highest BCUT2D eigenvalue weighted by Crippen LogP contribution is 2.40. The molecule has 2 aromatic rings. The number of hydrogen-bond acceptors (Lipinski definition) is 4. The van der Waals surface area contributed by atoms with E-state index in [0.717, 1.165) is 11.3 Å². The lowest BCUT2D eigenvalue weighted by atomic mass is 9.82. The molecule has 6 nitrogen and oxygen atoms in total. The fourth-order valence-corrected chi connectivity index (χ4v) is 4.58. The number of carbonyl (C=O) groups is 3. The van der Waals surface area contributed by atoms with Crippen LogP contribution in [0.4, 0.5) is 5.69 Å². The zero-order chi connectivity index (χ0) is 20.2. The third-order valence-electron chi connectivity index (χ3n) is 5.99. The number of likely N-dealkylation sites (tertiary alicyclic amines) is 1. The Bertz CT molecular complexity index is 1060. The van der Waals surface area contributed by atoms with Gasteiger partial charge in [-0.3, -0.25) is 14.4 Å². The zero-order valence-electron chi connectivity index (χ0n) is 15.7. The van der Waals surface area contributed by atoms with Gasteiger partial charge in [0.2, 0.25) is 5.91 Å². The standard InChI is InChI=1S/C22H19ClN2O4/c23-15-2-4-19-16(11-15)18(26)12-22(29-19)5-7-25(8-6-22)21(28)13-1-3-17-14(9-13)10-20(27)24-17/h1-4,9,11H,5-8,10,12H2,(H,24,27). The zero-order valence-corrected chi connectivity index (χ0v) is 16.4. The minimum Gasteiger partial charge on any atom is -0.486 e. The number of nitrogens with zero attached hydrogens (tertiary/aromatic N) is 1. The first-order valence-corrected chi connectivity index (χ1v) is 10.0. The third kappa shape index (κ3) is 3.17. The first-order chi connectivity index (χ1) is 13.9. The van der Waals surface area contributed by atoms with Crippen LogP contribution in [0.1, 0.15) is 45.5 Å². The van der Waals surface area contributed by atoms with Crippen molar-refractivity contribution in [1.82, 2.24) is 4.90 Å². The molecule has 0 bridgehead atoms. The van der Waals surface area contributed by atoms with Crippen molar-refractivity contribution >= 4 is 34.9 Å². The Balaban J connectivity index is 1.30. The van der Waals surface area contributed by atoms with Gasteiger partial charge in [0.1, 0.15) is 11.4 Å². The van der Waals surface area contributed by atoms with E-state index in [9.17, 15) is 14.4 Å². The number of amides is 2. The Morgan fingerprint density at radius 3 is 2.69 bits per heavy atom. The Hall–Kier alpha value is -2.86. The molecule has 0 unspecified atom stereocenters. The molecule has 0 aromatic heterocycles. The summed E-state index contributed by atoms with van der Waals surface area (Å²) >= 11 is 6.00. The number of carbonyl (C=O) groups excluding carboxylic acids is 3. The molecule has 0 aliphatic carbocycles. The topological polar surface area (TPSA) is 75.7 Å². The molecule has 1 fully saturated rings. The van der Waals surface area contributed by atoms with E-state index in [-0.39, 0.29) is 17.6 Å². The summed E-state index contributed by atoms with van der Waals surface area (Å²) in [5.74, 6) is 0.493. The molecule has 1 N–H and O–H groups in total. The summed E-state index contributed by atoms with van der Waals surface area (Å²) in [7, 11) is 0. The van der Waals surface area contributed by atoms with Crippen molar-refractivity contribution in [3.63, 3.8) is 0 Å². The molecular formula is C22H19ClN2O4. The van der Waals surface area contributed by atoms with Gasteiger partial charge in [0.15, 0.2) is 5.78 Å². The monoisotopic (exact) mass is 410 g/mol. The number of hydrogen-bond donors (Lipinski definition) is 1. The summed E-state index contributed by atoms with van der Waals surface area (Å²) < 4.78 is 6.23. The molecule has 3 aliphatic rings. The lowest BCUT2D eigenvalue weighted by Crippen LogP contribution is -2.52. The Labute approximate surface area is 172 Å². The van der Waals surface area contributed by atoms with Crippen molar-refractivity contribution in [1.29, 1.82) is 0 Å². The van der Waals surface area contributed by atoms with Crippen molar-refractivity contribution in [3.8, 4) is 5.75 Å². The van der Waals surface area contributed by atoms with Crippen LogP contribution >= 0.6 is 11.6 Å². The number of Topliss-reactive ketones (excluding diaryl/α,β-unsaturated/α-hetero) is 1. The van der Waals surface area contributed by atoms with E-state index in [1.165, 1.54) is 0 Å². The quantitative estimate of drug-likeness (QED) is 0.781. The molecule has 5 rings (SSSR count).